The van der Waals surface area contributed by atoms with Crippen molar-refractivity contribution in [1.82, 2.24) is 9.80 Å². The Morgan fingerprint density at radius 1 is 0.875 bits per heavy atom. The quantitative estimate of drug-likeness (QED) is 0.665. The summed E-state index contributed by atoms with van der Waals surface area (Å²) in [5, 5.41) is 0. The van der Waals surface area contributed by atoms with E-state index in [4.69, 9.17) is 4.74 Å². The van der Waals surface area contributed by atoms with Crippen molar-refractivity contribution < 1.29 is 19.1 Å². The Labute approximate surface area is 190 Å². The minimum absolute atomic E-state index is 0.222. The van der Waals surface area contributed by atoms with Crippen molar-refractivity contribution in [2.45, 2.75) is 59.4 Å². The van der Waals surface area contributed by atoms with Crippen LogP contribution in [0.4, 0.5) is 0 Å². The molecule has 0 N–H and O–H groups in total. The second-order valence-electron chi connectivity index (χ2n) is 10.2. The van der Waals surface area contributed by atoms with Gasteiger partial charge in [0, 0.05) is 11.0 Å². The molecule has 1 fully saturated rings. The van der Waals surface area contributed by atoms with Crippen molar-refractivity contribution in [3.05, 3.63) is 71.8 Å². The van der Waals surface area contributed by atoms with Gasteiger partial charge in [0.25, 0.3) is 11.8 Å². The van der Waals surface area contributed by atoms with Crippen molar-refractivity contribution in [2.24, 2.45) is 5.41 Å². The number of hydrogen-bond acceptors (Lipinski definition) is 4. The van der Waals surface area contributed by atoms with Crippen LogP contribution in [0, 0.1) is 5.41 Å². The maximum atomic E-state index is 13.7. The topological polar surface area (TPSA) is 66.9 Å². The van der Waals surface area contributed by atoms with Gasteiger partial charge in [0.2, 0.25) is 0 Å². The Morgan fingerprint density at radius 3 is 1.91 bits per heavy atom. The zero-order chi connectivity index (χ0) is 23.7. The van der Waals surface area contributed by atoms with E-state index in [1.54, 1.807) is 49.9 Å². The Kier molecular flexibility index (Phi) is 6.44. The highest BCUT2D eigenvalue weighted by molar-refractivity contribution is 6.01. The molecule has 1 aliphatic rings. The van der Waals surface area contributed by atoms with Gasteiger partial charge in [-0.3, -0.25) is 14.4 Å². The summed E-state index contributed by atoms with van der Waals surface area (Å²) in [4.78, 5) is 43.3. The SMILES string of the molecule is CC(C)(C)OC(=O)CN1C(=O)C(c2ccccc2)N(C(=O)c2ccccc2)C1C(C)(C)C. The number of amides is 2. The van der Waals surface area contributed by atoms with E-state index in [1.165, 1.54) is 4.90 Å². The van der Waals surface area contributed by atoms with E-state index in [0.717, 1.165) is 0 Å². The number of rotatable bonds is 4. The standard InChI is InChI=1S/C26H32N2O4/c1-25(2,3)24-27(17-20(29)32-26(4,5)6)23(31)21(18-13-9-7-10-14-18)28(24)22(30)19-15-11-8-12-16-19/h7-16,21,24H,17H2,1-6H3. The predicted octanol–water partition coefficient (Wildman–Crippen LogP) is 4.43. The van der Waals surface area contributed by atoms with Crippen LogP contribution in [0.25, 0.3) is 0 Å². The number of hydrogen-bond donors (Lipinski definition) is 0. The largest absolute Gasteiger partial charge is 0.459 e. The fraction of sp³-hybridized carbons (Fsp3) is 0.423. The molecule has 0 aromatic heterocycles. The lowest BCUT2D eigenvalue weighted by atomic mass is 9.90. The van der Waals surface area contributed by atoms with E-state index >= 15 is 0 Å². The zero-order valence-corrected chi connectivity index (χ0v) is 19.7. The number of ether oxygens (including phenoxy) is 1. The lowest BCUT2D eigenvalue weighted by molar-refractivity contribution is -0.160. The van der Waals surface area contributed by atoms with Crippen LogP contribution >= 0.6 is 0 Å². The summed E-state index contributed by atoms with van der Waals surface area (Å²) in [5.41, 5.74) is 0.0264. The van der Waals surface area contributed by atoms with E-state index in [1.807, 2.05) is 57.2 Å². The van der Waals surface area contributed by atoms with Crippen molar-refractivity contribution in [2.75, 3.05) is 6.54 Å². The highest BCUT2D eigenvalue weighted by Gasteiger charge is 2.54. The number of carbonyl (C=O) groups is 3. The maximum Gasteiger partial charge on any atom is 0.326 e. The fourth-order valence-electron chi connectivity index (χ4n) is 4.15. The van der Waals surface area contributed by atoms with Crippen molar-refractivity contribution >= 4 is 17.8 Å². The predicted molar refractivity (Wildman–Crippen MR) is 123 cm³/mol. The van der Waals surface area contributed by atoms with Gasteiger partial charge < -0.3 is 14.5 Å². The minimum atomic E-state index is -0.824. The summed E-state index contributed by atoms with van der Waals surface area (Å²) in [7, 11) is 0. The van der Waals surface area contributed by atoms with Gasteiger partial charge in [0.15, 0.2) is 0 Å². The molecule has 1 heterocycles. The first-order valence-corrected chi connectivity index (χ1v) is 10.8. The molecular formula is C26H32N2O4. The van der Waals surface area contributed by atoms with Crippen LogP contribution in [0.3, 0.4) is 0 Å². The van der Waals surface area contributed by atoms with Crippen LogP contribution in [0.2, 0.25) is 0 Å². The fourth-order valence-corrected chi connectivity index (χ4v) is 4.15. The molecule has 32 heavy (non-hydrogen) atoms. The summed E-state index contributed by atoms with van der Waals surface area (Å²) in [6.45, 7) is 11.0. The highest BCUT2D eigenvalue weighted by atomic mass is 16.6. The van der Waals surface area contributed by atoms with E-state index in [-0.39, 0.29) is 18.4 Å². The smallest absolute Gasteiger partial charge is 0.326 e. The van der Waals surface area contributed by atoms with Crippen molar-refractivity contribution in [3.8, 4) is 0 Å². The van der Waals surface area contributed by atoms with Crippen LogP contribution in [-0.4, -0.2) is 45.9 Å². The normalized spacial score (nSPS) is 19.2. The zero-order valence-electron chi connectivity index (χ0n) is 19.7. The van der Waals surface area contributed by atoms with E-state index in [0.29, 0.717) is 11.1 Å². The van der Waals surface area contributed by atoms with Gasteiger partial charge in [0.05, 0.1) is 0 Å². The maximum absolute atomic E-state index is 13.7. The lowest BCUT2D eigenvalue weighted by Gasteiger charge is -2.40. The summed E-state index contributed by atoms with van der Waals surface area (Å²) in [6, 6.07) is 17.3. The van der Waals surface area contributed by atoms with Gasteiger partial charge in [-0.25, -0.2) is 0 Å². The Bertz CT molecular complexity index is 974. The molecule has 0 bridgehead atoms. The molecule has 170 valence electrons. The molecular weight excluding hydrogens is 404 g/mol. The van der Waals surface area contributed by atoms with Gasteiger partial charge in [-0.15, -0.1) is 0 Å². The third-order valence-electron chi connectivity index (χ3n) is 5.22. The molecule has 6 nitrogen and oxygen atoms in total. The Hall–Kier alpha value is -3.15. The van der Waals surface area contributed by atoms with Gasteiger partial charge in [-0.05, 0) is 38.5 Å². The number of nitrogens with zero attached hydrogens (tertiary/aromatic N) is 2. The van der Waals surface area contributed by atoms with E-state index in [2.05, 4.69) is 0 Å². The first-order valence-electron chi connectivity index (χ1n) is 10.8. The van der Waals surface area contributed by atoms with Crippen LogP contribution < -0.4 is 0 Å². The lowest BCUT2D eigenvalue weighted by Crippen LogP contribution is -2.52. The van der Waals surface area contributed by atoms with E-state index < -0.39 is 29.2 Å². The third kappa shape index (κ3) is 5.01. The molecule has 1 aliphatic heterocycles. The molecule has 2 atom stereocenters. The highest BCUT2D eigenvalue weighted by Crippen LogP contribution is 2.42. The summed E-state index contributed by atoms with van der Waals surface area (Å²) < 4.78 is 5.49. The first-order chi connectivity index (χ1) is 14.9. The number of benzene rings is 2. The Morgan fingerprint density at radius 2 is 1.41 bits per heavy atom. The molecule has 2 aromatic rings. The van der Waals surface area contributed by atoms with Gasteiger partial charge >= 0.3 is 5.97 Å². The van der Waals surface area contributed by atoms with E-state index in [9.17, 15) is 14.4 Å². The molecule has 0 aliphatic carbocycles. The number of carbonyl (C=O) groups excluding carboxylic acids is 3. The van der Waals surface area contributed by atoms with Crippen molar-refractivity contribution in [1.29, 1.82) is 0 Å². The summed E-state index contributed by atoms with van der Waals surface area (Å²) >= 11 is 0. The van der Waals surface area contributed by atoms with Gasteiger partial charge in [-0.2, -0.15) is 0 Å². The molecule has 0 saturated carbocycles. The monoisotopic (exact) mass is 436 g/mol. The van der Waals surface area contributed by atoms with Gasteiger partial charge in [0.1, 0.15) is 24.4 Å². The molecule has 1 saturated heterocycles. The third-order valence-corrected chi connectivity index (χ3v) is 5.22. The molecule has 0 spiro atoms. The molecule has 6 heteroatoms. The molecule has 2 aromatic carbocycles. The Balaban J connectivity index is 2.09. The first kappa shape index (κ1) is 23.5. The van der Waals surface area contributed by atoms with Crippen molar-refractivity contribution in [3.63, 3.8) is 0 Å². The average Bonchev–Trinajstić information content (AvgIpc) is 2.99. The van der Waals surface area contributed by atoms with Crippen LogP contribution in [-0.2, 0) is 14.3 Å². The molecule has 3 rings (SSSR count). The van der Waals surface area contributed by atoms with Crippen LogP contribution in [0.15, 0.2) is 60.7 Å². The van der Waals surface area contributed by atoms with Crippen LogP contribution in [0.5, 0.6) is 0 Å². The second kappa shape index (κ2) is 8.77. The number of esters is 1. The second-order valence-corrected chi connectivity index (χ2v) is 10.2. The molecule has 2 amide bonds. The average molecular weight is 437 g/mol. The molecule has 2 unspecified atom stereocenters. The van der Waals surface area contributed by atoms with Crippen LogP contribution in [0.1, 0.15) is 63.5 Å². The van der Waals surface area contributed by atoms with Gasteiger partial charge in [-0.1, -0.05) is 69.3 Å². The molecule has 0 radical (unpaired) electrons. The minimum Gasteiger partial charge on any atom is -0.459 e. The summed E-state index contributed by atoms with van der Waals surface area (Å²) in [6.07, 6.45) is -0.625. The summed E-state index contributed by atoms with van der Waals surface area (Å²) in [5.74, 6) is -1.04.